The van der Waals surface area contributed by atoms with Crippen molar-refractivity contribution in [2.75, 3.05) is 38.2 Å². The molecule has 35 heavy (non-hydrogen) atoms. The summed E-state index contributed by atoms with van der Waals surface area (Å²) >= 11 is 0. The highest BCUT2D eigenvalue weighted by atomic mass is 32.2. The SMILES string of the molecule is CC[C@@]1(c2ccc(F)cc2)NC(=O)N(CC(=O)Nc2cccc(S(=O)(=O)N3CCOCC3)c2)C1=O. The highest BCUT2D eigenvalue weighted by molar-refractivity contribution is 7.89. The number of carbonyl (C=O) groups is 3. The minimum absolute atomic E-state index is 0.00787. The molecule has 0 spiro atoms. The molecule has 12 heteroatoms. The van der Waals surface area contributed by atoms with Gasteiger partial charge in [0.2, 0.25) is 15.9 Å². The molecule has 2 aliphatic rings. The second kappa shape index (κ2) is 9.72. The largest absolute Gasteiger partial charge is 0.379 e. The van der Waals surface area contributed by atoms with Crippen molar-refractivity contribution in [3.63, 3.8) is 0 Å². The Morgan fingerprint density at radius 3 is 2.49 bits per heavy atom. The fourth-order valence-corrected chi connectivity index (χ4v) is 5.61. The molecule has 2 N–H and O–H groups in total. The van der Waals surface area contributed by atoms with Gasteiger partial charge in [-0.15, -0.1) is 0 Å². The van der Waals surface area contributed by atoms with Gasteiger partial charge in [-0.25, -0.2) is 17.6 Å². The number of amides is 4. The molecule has 0 saturated carbocycles. The van der Waals surface area contributed by atoms with Crippen LogP contribution in [-0.2, 0) is 29.9 Å². The van der Waals surface area contributed by atoms with E-state index < -0.39 is 45.8 Å². The number of morpholine rings is 1. The van der Waals surface area contributed by atoms with Gasteiger partial charge in [-0.05, 0) is 42.3 Å². The van der Waals surface area contributed by atoms with Crippen molar-refractivity contribution < 1.29 is 31.9 Å². The third kappa shape index (κ3) is 4.77. The lowest BCUT2D eigenvalue weighted by molar-refractivity contribution is -0.134. The van der Waals surface area contributed by atoms with Crippen molar-refractivity contribution >= 4 is 33.6 Å². The van der Waals surface area contributed by atoms with Gasteiger partial charge in [0.05, 0.1) is 18.1 Å². The van der Waals surface area contributed by atoms with E-state index in [0.29, 0.717) is 18.8 Å². The molecule has 2 aliphatic heterocycles. The average Bonchev–Trinajstić information content (AvgIpc) is 3.10. The molecule has 2 saturated heterocycles. The fraction of sp³-hybridized carbons (Fsp3) is 0.348. The lowest BCUT2D eigenvalue weighted by Gasteiger charge is -2.26. The Labute approximate surface area is 202 Å². The average molecular weight is 505 g/mol. The summed E-state index contributed by atoms with van der Waals surface area (Å²) in [4.78, 5) is 39.3. The maximum Gasteiger partial charge on any atom is 0.325 e. The predicted molar refractivity (Wildman–Crippen MR) is 123 cm³/mol. The number of urea groups is 1. The monoisotopic (exact) mass is 504 g/mol. The van der Waals surface area contributed by atoms with Gasteiger partial charge in [-0.1, -0.05) is 25.1 Å². The molecule has 0 aromatic heterocycles. The number of halogens is 1. The van der Waals surface area contributed by atoms with Gasteiger partial charge in [0.15, 0.2) is 0 Å². The zero-order valence-corrected chi connectivity index (χ0v) is 19.8. The second-order valence-electron chi connectivity index (χ2n) is 8.18. The van der Waals surface area contributed by atoms with Crippen LogP contribution in [0.4, 0.5) is 14.9 Å². The summed E-state index contributed by atoms with van der Waals surface area (Å²) in [6.45, 7) is 2.20. The molecule has 2 fully saturated rings. The Balaban J connectivity index is 1.48. The van der Waals surface area contributed by atoms with Gasteiger partial charge < -0.3 is 15.4 Å². The first-order valence-corrected chi connectivity index (χ1v) is 12.5. The Hall–Kier alpha value is -3.35. The molecule has 0 aliphatic carbocycles. The molecule has 2 heterocycles. The Bertz CT molecular complexity index is 1250. The maximum absolute atomic E-state index is 13.4. The molecule has 4 amide bonds. The number of imide groups is 1. The Morgan fingerprint density at radius 1 is 1.14 bits per heavy atom. The van der Waals surface area contributed by atoms with Crippen LogP contribution >= 0.6 is 0 Å². The zero-order chi connectivity index (χ0) is 25.2. The van der Waals surface area contributed by atoms with Gasteiger partial charge >= 0.3 is 6.03 Å². The van der Waals surface area contributed by atoms with Crippen LogP contribution in [0.5, 0.6) is 0 Å². The van der Waals surface area contributed by atoms with Crippen molar-refractivity contribution in [1.82, 2.24) is 14.5 Å². The minimum atomic E-state index is -3.77. The number of hydrogen-bond acceptors (Lipinski definition) is 6. The van der Waals surface area contributed by atoms with E-state index in [9.17, 15) is 27.2 Å². The number of nitrogens with zero attached hydrogens (tertiary/aromatic N) is 2. The van der Waals surface area contributed by atoms with Crippen LogP contribution in [0.15, 0.2) is 53.4 Å². The van der Waals surface area contributed by atoms with Crippen molar-refractivity contribution in [1.29, 1.82) is 0 Å². The van der Waals surface area contributed by atoms with Crippen LogP contribution < -0.4 is 10.6 Å². The summed E-state index contributed by atoms with van der Waals surface area (Å²) in [6, 6.07) is 10.2. The summed E-state index contributed by atoms with van der Waals surface area (Å²) in [7, 11) is -3.77. The van der Waals surface area contributed by atoms with E-state index in [1.807, 2.05) is 0 Å². The van der Waals surface area contributed by atoms with E-state index in [0.717, 1.165) is 4.90 Å². The summed E-state index contributed by atoms with van der Waals surface area (Å²) in [5.41, 5.74) is -0.794. The van der Waals surface area contributed by atoms with Crippen molar-refractivity contribution in [2.45, 2.75) is 23.8 Å². The lowest BCUT2D eigenvalue weighted by Crippen LogP contribution is -2.44. The van der Waals surface area contributed by atoms with Crippen LogP contribution in [0.25, 0.3) is 0 Å². The predicted octanol–water partition coefficient (Wildman–Crippen LogP) is 1.64. The minimum Gasteiger partial charge on any atom is -0.379 e. The molecule has 4 rings (SSSR count). The smallest absolute Gasteiger partial charge is 0.325 e. The van der Waals surface area contributed by atoms with Crippen molar-refractivity contribution in [3.8, 4) is 0 Å². The fourth-order valence-electron chi connectivity index (χ4n) is 4.16. The van der Waals surface area contributed by atoms with Crippen molar-refractivity contribution in [3.05, 3.63) is 59.9 Å². The topological polar surface area (TPSA) is 125 Å². The molecule has 0 unspecified atom stereocenters. The number of sulfonamides is 1. The molecule has 10 nitrogen and oxygen atoms in total. The van der Waals surface area contributed by atoms with E-state index in [4.69, 9.17) is 4.74 Å². The third-order valence-electron chi connectivity index (χ3n) is 6.07. The first-order chi connectivity index (χ1) is 16.7. The van der Waals surface area contributed by atoms with Gasteiger partial charge in [0, 0.05) is 18.8 Å². The van der Waals surface area contributed by atoms with Gasteiger partial charge in [0.1, 0.15) is 17.9 Å². The standard InChI is InChI=1S/C23H25FN4O6S/c1-2-23(16-6-8-17(24)9-7-16)21(30)28(22(31)26-23)15-20(29)25-18-4-3-5-19(14-18)35(32,33)27-10-12-34-13-11-27/h3-9,14H,2,10-13,15H2,1H3,(H,25,29)(H,26,31)/t23-/m0/s1. The molecule has 186 valence electrons. The van der Waals surface area contributed by atoms with E-state index in [-0.39, 0.29) is 30.1 Å². The van der Waals surface area contributed by atoms with Crippen LogP contribution in [0.2, 0.25) is 0 Å². The van der Waals surface area contributed by atoms with E-state index >= 15 is 0 Å². The number of ether oxygens (including phenoxy) is 1. The molecule has 0 bridgehead atoms. The van der Waals surface area contributed by atoms with E-state index in [2.05, 4.69) is 10.6 Å². The highest BCUT2D eigenvalue weighted by Crippen LogP contribution is 2.32. The van der Waals surface area contributed by atoms with Gasteiger partial charge in [-0.2, -0.15) is 4.31 Å². The summed E-state index contributed by atoms with van der Waals surface area (Å²) < 4.78 is 45.6. The maximum atomic E-state index is 13.4. The van der Waals surface area contributed by atoms with Gasteiger partial charge in [-0.3, -0.25) is 14.5 Å². The highest BCUT2D eigenvalue weighted by Gasteiger charge is 2.51. The number of hydrogen-bond donors (Lipinski definition) is 2. The third-order valence-corrected chi connectivity index (χ3v) is 7.97. The molecule has 2 aromatic rings. The van der Waals surface area contributed by atoms with Gasteiger partial charge in [0.25, 0.3) is 5.91 Å². The molecular formula is C23H25FN4O6S. The molecule has 1 atom stereocenters. The summed E-state index contributed by atoms with van der Waals surface area (Å²) in [5, 5.41) is 5.18. The normalized spacial score (nSPS) is 21.1. The number of rotatable bonds is 7. The Kier molecular flexibility index (Phi) is 6.88. The molecule has 2 aromatic carbocycles. The Morgan fingerprint density at radius 2 is 1.83 bits per heavy atom. The summed E-state index contributed by atoms with van der Waals surface area (Å²) in [6.07, 6.45) is 0.197. The van der Waals surface area contributed by atoms with Crippen LogP contribution in [0.1, 0.15) is 18.9 Å². The quantitative estimate of drug-likeness (QED) is 0.553. The number of nitrogens with one attached hydrogen (secondary N) is 2. The van der Waals surface area contributed by atoms with E-state index in [1.165, 1.54) is 52.8 Å². The number of anilines is 1. The van der Waals surface area contributed by atoms with Crippen LogP contribution in [0, 0.1) is 5.82 Å². The lowest BCUT2D eigenvalue weighted by atomic mass is 9.87. The number of carbonyl (C=O) groups excluding carboxylic acids is 3. The van der Waals surface area contributed by atoms with Crippen molar-refractivity contribution in [2.24, 2.45) is 0 Å². The summed E-state index contributed by atoms with van der Waals surface area (Å²) in [5.74, 6) is -1.79. The zero-order valence-electron chi connectivity index (χ0n) is 19.0. The second-order valence-corrected chi connectivity index (χ2v) is 10.1. The molecular weight excluding hydrogens is 479 g/mol. The first-order valence-electron chi connectivity index (χ1n) is 11.1. The van der Waals surface area contributed by atoms with E-state index in [1.54, 1.807) is 6.92 Å². The number of benzene rings is 2. The van der Waals surface area contributed by atoms with Crippen LogP contribution in [-0.4, -0.2) is 68.3 Å². The first kappa shape index (κ1) is 24.8. The van der Waals surface area contributed by atoms with Crippen LogP contribution in [0.3, 0.4) is 0 Å². The molecule has 0 radical (unpaired) electrons.